The van der Waals surface area contributed by atoms with Crippen LogP contribution in [0.2, 0.25) is 0 Å². The van der Waals surface area contributed by atoms with Crippen molar-refractivity contribution in [2.75, 3.05) is 0 Å². The third-order valence-corrected chi connectivity index (χ3v) is 2.81. The van der Waals surface area contributed by atoms with Crippen LogP contribution in [0.3, 0.4) is 0 Å². The van der Waals surface area contributed by atoms with Gasteiger partial charge in [0.2, 0.25) is 0 Å². The minimum absolute atomic E-state index is 0. The molecule has 1 N–H and O–H groups in total. The third kappa shape index (κ3) is 4.56. The fraction of sp³-hybridized carbons (Fsp3) is 0. The smallest absolute Gasteiger partial charge is 0.395 e. The van der Waals surface area contributed by atoms with Gasteiger partial charge in [-0.3, -0.25) is 4.89 Å². The van der Waals surface area contributed by atoms with Crippen molar-refractivity contribution in [1.29, 1.82) is 0 Å². The molecular weight excluding hydrogens is 266 g/mol. The van der Waals surface area contributed by atoms with Crippen LogP contribution in [0.1, 0.15) is 0 Å². The average molecular weight is 280 g/mol. The van der Waals surface area contributed by atoms with Gasteiger partial charge in [-0.25, -0.2) is 4.57 Å². The van der Waals surface area contributed by atoms with Crippen LogP contribution < -0.4 is 9.05 Å². The summed E-state index contributed by atoms with van der Waals surface area (Å²) in [5.74, 6) is 0.573. The quantitative estimate of drug-likeness (QED) is 0.688. The standard InChI is InChI=1S/C12H11O4P.Al.3H/c13-17(14,15-11-7-3-1-4-8-11)16-12-9-5-2-6-10-12;;;;/h1-10H,(H,13,14);;;;. The van der Waals surface area contributed by atoms with Crippen molar-refractivity contribution in [2.45, 2.75) is 0 Å². The lowest BCUT2D eigenvalue weighted by Crippen LogP contribution is -1.99. The first-order valence-corrected chi connectivity index (χ1v) is 6.47. The van der Waals surface area contributed by atoms with Crippen molar-refractivity contribution >= 4 is 25.2 Å². The summed E-state index contributed by atoms with van der Waals surface area (Å²) < 4.78 is 21.5. The maximum atomic E-state index is 11.7. The molecule has 2 aromatic rings. The van der Waals surface area contributed by atoms with E-state index < -0.39 is 7.82 Å². The monoisotopic (exact) mass is 280 g/mol. The average Bonchev–Trinajstić information content (AvgIpc) is 2.30. The largest absolute Gasteiger partial charge is 0.584 e. The number of phosphoric ester groups is 1. The van der Waals surface area contributed by atoms with Crippen LogP contribution in [-0.2, 0) is 4.57 Å². The van der Waals surface area contributed by atoms with E-state index in [2.05, 4.69) is 0 Å². The minimum atomic E-state index is -4.14. The molecule has 0 bridgehead atoms. The van der Waals surface area contributed by atoms with E-state index in [1.54, 1.807) is 60.7 Å². The van der Waals surface area contributed by atoms with E-state index in [4.69, 9.17) is 9.05 Å². The van der Waals surface area contributed by atoms with Crippen molar-refractivity contribution in [2.24, 2.45) is 0 Å². The Kier molecular flexibility index (Phi) is 5.46. The molecule has 18 heavy (non-hydrogen) atoms. The molecule has 0 spiro atoms. The molecule has 6 heteroatoms. The van der Waals surface area contributed by atoms with Gasteiger partial charge in [0, 0.05) is 0 Å². The number of hydrogen-bond acceptors (Lipinski definition) is 3. The highest BCUT2D eigenvalue weighted by Crippen LogP contribution is 2.43. The second-order valence-electron chi connectivity index (χ2n) is 3.28. The maximum Gasteiger partial charge on any atom is 0.584 e. The molecule has 0 amide bonds. The molecule has 0 aliphatic carbocycles. The molecule has 0 radical (unpaired) electrons. The lowest BCUT2D eigenvalue weighted by molar-refractivity contribution is 0.291. The first-order valence-electron chi connectivity index (χ1n) is 4.98. The van der Waals surface area contributed by atoms with E-state index in [1.165, 1.54) is 0 Å². The van der Waals surface area contributed by atoms with Gasteiger partial charge >= 0.3 is 7.82 Å². The molecule has 0 aliphatic rings. The minimum Gasteiger partial charge on any atom is -0.395 e. The zero-order valence-corrected chi connectivity index (χ0v) is 9.79. The Morgan fingerprint density at radius 3 is 1.44 bits per heavy atom. The molecular formula is C12H14AlO4P. The summed E-state index contributed by atoms with van der Waals surface area (Å²) in [7, 11) is -4.14. The van der Waals surface area contributed by atoms with Gasteiger partial charge < -0.3 is 9.05 Å². The van der Waals surface area contributed by atoms with Crippen LogP contribution >= 0.6 is 7.82 Å². The summed E-state index contributed by atoms with van der Waals surface area (Å²) >= 11 is 0. The van der Waals surface area contributed by atoms with Gasteiger partial charge in [-0.15, -0.1) is 0 Å². The van der Waals surface area contributed by atoms with E-state index in [-0.39, 0.29) is 28.9 Å². The van der Waals surface area contributed by atoms with E-state index in [1.807, 2.05) is 0 Å². The van der Waals surface area contributed by atoms with Gasteiger partial charge in [0.1, 0.15) is 11.5 Å². The van der Waals surface area contributed by atoms with Gasteiger partial charge in [0.05, 0.1) is 0 Å². The molecule has 4 nitrogen and oxygen atoms in total. The van der Waals surface area contributed by atoms with Crippen molar-refractivity contribution in [3.8, 4) is 11.5 Å². The zero-order valence-electron chi connectivity index (χ0n) is 8.89. The normalized spacial score (nSPS) is 10.3. The predicted molar refractivity (Wildman–Crippen MR) is 73.9 cm³/mol. The molecule has 0 saturated heterocycles. The highest BCUT2D eigenvalue weighted by atomic mass is 31.2. The van der Waals surface area contributed by atoms with Gasteiger partial charge in [0.15, 0.2) is 17.4 Å². The second kappa shape index (κ2) is 6.63. The fourth-order valence-corrected chi connectivity index (χ4v) is 2.06. The van der Waals surface area contributed by atoms with E-state index in [0.29, 0.717) is 0 Å². The predicted octanol–water partition coefficient (Wildman–Crippen LogP) is 2.06. The topological polar surface area (TPSA) is 55.8 Å². The summed E-state index contributed by atoms with van der Waals surface area (Å²) in [5, 5.41) is 0. The number of hydrogen-bond donors (Lipinski definition) is 1. The van der Waals surface area contributed by atoms with Gasteiger partial charge in [-0.05, 0) is 24.3 Å². The molecule has 0 aromatic heterocycles. The molecule has 0 atom stereocenters. The molecule has 2 aromatic carbocycles. The first-order chi connectivity index (χ1) is 8.16. The van der Waals surface area contributed by atoms with E-state index >= 15 is 0 Å². The van der Waals surface area contributed by atoms with Crippen LogP contribution in [0.25, 0.3) is 0 Å². The summed E-state index contributed by atoms with van der Waals surface area (Å²) in [5.41, 5.74) is 0. The summed E-state index contributed by atoms with van der Waals surface area (Å²) in [6, 6.07) is 16.7. The molecule has 0 saturated carbocycles. The van der Waals surface area contributed by atoms with Crippen molar-refractivity contribution in [3.05, 3.63) is 60.7 Å². The third-order valence-electron chi connectivity index (χ3n) is 1.93. The Labute approximate surface area is 116 Å². The second-order valence-corrected chi connectivity index (χ2v) is 4.58. The zero-order chi connectivity index (χ0) is 12.1. The van der Waals surface area contributed by atoms with Crippen molar-refractivity contribution in [3.63, 3.8) is 0 Å². The fourth-order valence-electron chi connectivity index (χ4n) is 1.25. The number of phosphoric acid groups is 1. The number of benzene rings is 2. The molecule has 0 heterocycles. The van der Waals surface area contributed by atoms with Gasteiger partial charge in [-0.1, -0.05) is 36.4 Å². The Morgan fingerprint density at radius 1 is 0.778 bits per heavy atom. The van der Waals surface area contributed by atoms with Crippen LogP contribution in [0.5, 0.6) is 11.5 Å². The molecule has 0 aliphatic heterocycles. The van der Waals surface area contributed by atoms with Crippen LogP contribution in [-0.4, -0.2) is 22.3 Å². The summed E-state index contributed by atoms with van der Waals surface area (Å²) in [6.45, 7) is 0. The molecule has 0 unspecified atom stereocenters. The lowest BCUT2D eigenvalue weighted by Gasteiger charge is -2.13. The van der Waals surface area contributed by atoms with Crippen molar-refractivity contribution < 1.29 is 18.5 Å². The Hall–Kier alpha value is -1.24. The molecule has 2 rings (SSSR count). The van der Waals surface area contributed by atoms with Crippen LogP contribution in [0, 0.1) is 0 Å². The Bertz CT molecular complexity index is 473. The highest BCUT2D eigenvalue weighted by Gasteiger charge is 2.24. The van der Waals surface area contributed by atoms with E-state index in [9.17, 15) is 9.46 Å². The Morgan fingerprint density at radius 2 is 1.11 bits per heavy atom. The van der Waals surface area contributed by atoms with E-state index in [0.717, 1.165) is 0 Å². The summed E-state index contributed by atoms with van der Waals surface area (Å²) in [6.07, 6.45) is 0. The SMILES string of the molecule is O=P(O)(Oc1ccccc1)Oc1ccccc1.[AlH3]. The molecule has 0 fully saturated rings. The van der Waals surface area contributed by atoms with Gasteiger partial charge in [-0.2, -0.15) is 0 Å². The molecule has 94 valence electrons. The maximum absolute atomic E-state index is 11.7. The van der Waals surface area contributed by atoms with Crippen LogP contribution in [0.15, 0.2) is 60.7 Å². The number of rotatable bonds is 4. The Balaban J connectivity index is 0.00000162. The number of para-hydroxylation sites is 2. The van der Waals surface area contributed by atoms with Crippen LogP contribution in [0.4, 0.5) is 0 Å². The lowest BCUT2D eigenvalue weighted by atomic mass is 10.3. The summed E-state index contributed by atoms with van der Waals surface area (Å²) in [4.78, 5) is 9.53. The highest BCUT2D eigenvalue weighted by molar-refractivity contribution is 7.48. The van der Waals surface area contributed by atoms with Crippen molar-refractivity contribution in [1.82, 2.24) is 0 Å². The van der Waals surface area contributed by atoms with Gasteiger partial charge in [0.25, 0.3) is 0 Å². The first kappa shape index (κ1) is 14.8.